The summed E-state index contributed by atoms with van der Waals surface area (Å²) in [6.45, 7) is 11.9. The normalized spacial score (nSPS) is 16.8. The van der Waals surface area contributed by atoms with Gasteiger partial charge in [-0.15, -0.1) is 0 Å². The Balaban J connectivity index is 0.000000291. The minimum absolute atomic E-state index is 0.00785. The summed E-state index contributed by atoms with van der Waals surface area (Å²) in [6.07, 6.45) is 3.58. The molecule has 0 bridgehead atoms. The first-order valence-corrected chi connectivity index (χ1v) is 35.8. The second-order valence-electron chi connectivity index (χ2n) is 29.6. The largest absolute Gasteiger partial charge is 0.458 e. The van der Waals surface area contributed by atoms with Crippen molar-refractivity contribution < 1.29 is 94.6 Å². The number of carbonyl (C=O) groups is 9. The van der Waals surface area contributed by atoms with E-state index in [2.05, 4.69) is 5.32 Å². The first kappa shape index (κ1) is 81.9. The summed E-state index contributed by atoms with van der Waals surface area (Å²) in [5.41, 5.74) is 0.850. The van der Waals surface area contributed by atoms with Crippen LogP contribution < -0.4 is 5.32 Å². The van der Waals surface area contributed by atoms with Crippen molar-refractivity contribution in [2.24, 2.45) is 11.8 Å². The lowest BCUT2D eigenvalue weighted by Gasteiger charge is -2.34. The minimum atomic E-state index is -1.91. The van der Waals surface area contributed by atoms with Crippen LogP contribution in [0.1, 0.15) is 171 Å². The van der Waals surface area contributed by atoms with Crippen molar-refractivity contribution in [1.82, 2.24) is 20.0 Å². The summed E-state index contributed by atoms with van der Waals surface area (Å²) < 4.78 is 79.0. The van der Waals surface area contributed by atoms with Gasteiger partial charge in [0.15, 0.2) is 25.4 Å². The Hall–Kier alpha value is -8.35. The molecule has 2 saturated carbocycles. The van der Waals surface area contributed by atoms with E-state index in [1.807, 2.05) is 97.1 Å². The number of ether oxygens (including phenoxy) is 9. The number of amides is 3. The fourth-order valence-electron chi connectivity index (χ4n) is 12.2. The molecular weight excluding hydrogens is 1330 g/mol. The SMILES string of the molecule is CN(C(=O)OC(C)(C)C)[C@@H](CC(C)(C)F)C(=O)O[C@H](Cc1ccc(C2CCOCC2)cc1)C(=O)N(C)[C@@H](CC1CC1)C(=O)OCC(=O)OCc1ccccc1.CN[C@@H](CC(C)(C)F)C(=O)O[C@H](Cc1ccc(C2CCOCC2)cc1)C(=O)N(C)[C@@H](CC1CC1)C(=O)OCC(=O)OCc1ccccc1. The van der Waals surface area contributed by atoms with Gasteiger partial charge in [-0.1, -0.05) is 135 Å². The summed E-state index contributed by atoms with van der Waals surface area (Å²) >= 11 is 0. The zero-order valence-electron chi connectivity index (χ0n) is 61.7. The summed E-state index contributed by atoms with van der Waals surface area (Å²) in [5, 5.41) is 2.80. The van der Waals surface area contributed by atoms with Gasteiger partial charge in [-0.25, -0.2) is 37.5 Å². The summed E-state index contributed by atoms with van der Waals surface area (Å²) in [5.74, 6) is -4.96. The van der Waals surface area contributed by atoms with E-state index in [-0.39, 0.29) is 50.7 Å². The number of alkyl halides is 2. The standard InChI is InChI=1S/C42H57FN2O10.C37H49FN2O8/c1-41(2,3)55-40(50)45(7)34(25-42(4,5)43)39(49)54-35(24-29-15-17-31(18-16-29)32-19-21-51-22-20-32)37(47)44(6)33(23-28-13-14-28)38(48)53-27-36(46)52-26-30-11-9-8-10-12-30;1-37(2,38)22-30(39-3)35(43)48-32(21-26-12-14-28(15-13-26)29-16-18-45-19-17-29)34(42)40(4)31(20-25-10-11-25)36(44)47-24-33(41)46-23-27-8-6-5-7-9-27/h8-12,15-18,28,32-35H,13-14,19-27H2,1-7H3;5-9,12-15,25,29-32,39H,10-11,16-24H2,1-4H3/t33-,34-,35+;30-,31-,32+/m00/s1. The molecule has 0 radical (unpaired) electrons. The number of benzene rings is 4. The Morgan fingerprint density at radius 1 is 0.466 bits per heavy atom. The molecule has 2 heterocycles. The number of carbonyl (C=O) groups excluding carboxylic acids is 9. The van der Waals surface area contributed by atoms with Crippen molar-refractivity contribution in [3.8, 4) is 0 Å². The number of hydrogen-bond acceptors (Lipinski definition) is 19. The van der Waals surface area contributed by atoms with E-state index in [9.17, 15) is 47.5 Å². The Morgan fingerprint density at radius 3 is 1.19 bits per heavy atom. The van der Waals surface area contributed by atoms with Crippen molar-refractivity contribution in [2.45, 2.75) is 217 Å². The van der Waals surface area contributed by atoms with Crippen molar-refractivity contribution in [3.05, 3.63) is 143 Å². The molecule has 103 heavy (non-hydrogen) atoms. The molecule has 4 aromatic rings. The first-order chi connectivity index (χ1) is 48.8. The molecule has 3 amide bonds. The third-order valence-electron chi connectivity index (χ3n) is 18.5. The molecule has 0 unspecified atom stereocenters. The van der Waals surface area contributed by atoms with E-state index in [0.29, 0.717) is 50.2 Å². The quantitative estimate of drug-likeness (QED) is 0.0337. The van der Waals surface area contributed by atoms with E-state index >= 15 is 4.39 Å². The van der Waals surface area contributed by atoms with Crippen molar-refractivity contribution >= 4 is 53.7 Å². The van der Waals surface area contributed by atoms with Crippen LogP contribution in [0.25, 0.3) is 0 Å². The predicted molar refractivity (Wildman–Crippen MR) is 378 cm³/mol. The zero-order chi connectivity index (χ0) is 75.0. The van der Waals surface area contributed by atoms with Gasteiger partial charge >= 0.3 is 41.9 Å². The fraction of sp³-hybridized carbons (Fsp3) is 0.582. The highest BCUT2D eigenvalue weighted by Crippen LogP contribution is 2.37. The van der Waals surface area contributed by atoms with Crippen LogP contribution in [0, 0.1) is 11.8 Å². The number of halogens is 2. The number of esters is 6. The lowest BCUT2D eigenvalue weighted by molar-refractivity contribution is -0.170. The van der Waals surface area contributed by atoms with Crippen LogP contribution in [-0.4, -0.2) is 190 Å². The maximum atomic E-state index is 15.2. The van der Waals surface area contributed by atoms with Gasteiger partial charge in [-0.3, -0.25) is 19.3 Å². The van der Waals surface area contributed by atoms with E-state index in [1.54, 1.807) is 32.9 Å². The highest BCUT2D eigenvalue weighted by molar-refractivity contribution is 5.91. The van der Waals surface area contributed by atoms with E-state index in [0.717, 1.165) is 78.5 Å². The van der Waals surface area contributed by atoms with E-state index in [4.69, 9.17) is 42.6 Å². The van der Waals surface area contributed by atoms with Gasteiger partial charge in [-0.05, 0) is 151 Å². The highest BCUT2D eigenvalue weighted by atomic mass is 19.1. The molecule has 2 saturated heterocycles. The number of nitrogens with one attached hydrogen (secondary N) is 1. The number of rotatable bonds is 34. The molecule has 564 valence electrons. The van der Waals surface area contributed by atoms with Crippen LogP contribution in [0.15, 0.2) is 109 Å². The number of hydrogen-bond donors (Lipinski definition) is 1. The molecule has 22 nitrogen and oxygen atoms in total. The lowest BCUT2D eigenvalue weighted by atomic mass is 9.90. The molecular formula is C79H106F2N4O18. The van der Waals surface area contributed by atoms with Gasteiger partial charge < -0.3 is 57.7 Å². The van der Waals surface area contributed by atoms with Gasteiger partial charge in [0.25, 0.3) is 11.8 Å². The molecule has 4 aliphatic rings. The van der Waals surface area contributed by atoms with Crippen molar-refractivity contribution in [2.75, 3.05) is 67.8 Å². The molecule has 0 aromatic heterocycles. The second-order valence-corrected chi connectivity index (χ2v) is 29.6. The molecule has 8 rings (SSSR count). The summed E-state index contributed by atoms with van der Waals surface area (Å²) in [7, 11) is 5.74. The molecule has 4 aromatic carbocycles. The molecule has 2 aliphatic carbocycles. The second kappa shape index (κ2) is 39.0. The maximum absolute atomic E-state index is 15.2. The monoisotopic (exact) mass is 1440 g/mol. The molecule has 4 fully saturated rings. The van der Waals surface area contributed by atoms with Crippen LogP contribution >= 0.6 is 0 Å². The Bertz CT molecular complexity index is 3390. The van der Waals surface area contributed by atoms with Gasteiger partial charge in [-0.2, -0.15) is 0 Å². The smallest absolute Gasteiger partial charge is 0.410 e. The first-order valence-electron chi connectivity index (χ1n) is 35.8. The van der Waals surface area contributed by atoms with Gasteiger partial charge in [0.2, 0.25) is 0 Å². The molecule has 0 spiro atoms. The molecule has 2 aliphatic heterocycles. The van der Waals surface area contributed by atoms with Gasteiger partial charge in [0, 0.05) is 73.3 Å². The van der Waals surface area contributed by atoms with E-state index in [1.165, 1.54) is 71.2 Å². The Morgan fingerprint density at radius 2 is 0.845 bits per heavy atom. The van der Waals surface area contributed by atoms with Crippen LogP contribution in [0.5, 0.6) is 0 Å². The van der Waals surface area contributed by atoms with Crippen LogP contribution in [0.3, 0.4) is 0 Å². The van der Waals surface area contributed by atoms with Crippen molar-refractivity contribution in [1.29, 1.82) is 0 Å². The fourth-order valence-corrected chi connectivity index (χ4v) is 12.2. The molecule has 1 N–H and O–H groups in total. The van der Waals surface area contributed by atoms with Gasteiger partial charge in [0.05, 0.1) is 0 Å². The Labute approximate surface area is 604 Å². The average Bonchev–Trinajstić information content (AvgIpc) is 1.80. The minimum Gasteiger partial charge on any atom is -0.458 e. The van der Waals surface area contributed by atoms with Crippen LogP contribution in [0.4, 0.5) is 13.6 Å². The summed E-state index contributed by atoms with van der Waals surface area (Å²) in [6, 6.07) is 29.2. The lowest BCUT2D eigenvalue weighted by Crippen LogP contribution is -2.52. The van der Waals surface area contributed by atoms with Gasteiger partial charge in [0.1, 0.15) is 54.3 Å². The maximum Gasteiger partial charge on any atom is 0.410 e. The third-order valence-corrected chi connectivity index (χ3v) is 18.5. The zero-order valence-corrected chi connectivity index (χ0v) is 61.7. The Kier molecular flexibility index (Phi) is 31.0. The highest BCUT2D eigenvalue weighted by Gasteiger charge is 2.43. The third kappa shape index (κ3) is 28.3. The predicted octanol–water partition coefficient (Wildman–Crippen LogP) is 11.0. The number of likely N-dealkylation sites (N-methyl/N-ethyl adjacent to an activating group) is 4. The summed E-state index contributed by atoms with van der Waals surface area (Å²) in [4.78, 5) is 124. The van der Waals surface area contributed by atoms with Crippen molar-refractivity contribution in [3.63, 3.8) is 0 Å². The average molecular weight is 1440 g/mol. The van der Waals surface area contributed by atoms with Crippen LogP contribution in [0.2, 0.25) is 0 Å². The van der Waals surface area contributed by atoms with Crippen LogP contribution in [-0.2, 0) is 107 Å². The molecule has 6 atom stereocenters. The number of nitrogens with zero attached hydrogens (tertiary/aromatic N) is 3. The molecule has 24 heteroatoms. The van der Waals surface area contributed by atoms with E-state index < -0.39 is 127 Å². The topological polar surface area (TPSA) is 258 Å².